The van der Waals surface area contributed by atoms with Crippen LogP contribution in [0.4, 0.5) is 4.39 Å². The highest BCUT2D eigenvalue weighted by molar-refractivity contribution is 7.89. The van der Waals surface area contributed by atoms with Crippen LogP contribution in [0.5, 0.6) is 0 Å². The fourth-order valence-electron chi connectivity index (χ4n) is 1.79. The minimum atomic E-state index is -3.79. The second kappa shape index (κ2) is 6.98. The van der Waals surface area contributed by atoms with Crippen LogP contribution in [0, 0.1) is 11.7 Å². The van der Waals surface area contributed by atoms with E-state index >= 15 is 0 Å². The summed E-state index contributed by atoms with van der Waals surface area (Å²) in [6.45, 7) is 3.85. The smallest absolute Gasteiger partial charge is 0.241 e. The quantitative estimate of drug-likeness (QED) is 0.807. The molecule has 0 radical (unpaired) electrons. The standard InChI is InChI=1S/C13H20FNO3S/c1-3-10(4-2)8-15-19(17,18)13-7-12(14)6-5-11(13)9-16/h5-7,10,15-16H,3-4,8-9H2,1-2H3. The first-order valence-electron chi connectivity index (χ1n) is 6.33. The lowest BCUT2D eigenvalue weighted by Gasteiger charge is -2.15. The molecule has 6 heteroatoms. The van der Waals surface area contributed by atoms with Crippen LogP contribution in [0.15, 0.2) is 23.1 Å². The van der Waals surface area contributed by atoms with Gasteiger partial charge < -0.3 is 5.11 Å². The minimum Gasteiger partial charge on any atom is -0.392 e. The van der Waals surface area contributed by atoms with Gasteiger partial charge in [0.05, 0.1) is 11.5 Å². The molecule has 0 spiro atoms. The maximum absolute atomic E-state index is 13.2. The van der Waals surface area contributed by atoms with Gasteiger partial charge >= 0.3 is 0 Å². The topological polar surface area (TPSA) is 66.4 Å². The molecule has 0 saturated heterocycles. The third-order valence-electron chi connectivity index (χ3n) is 3.21. The Kier molecular flexibility index (Phi) is 5.90. The SMILES string of the molecule is CCC(CC)CNS(=O)(=O)c1cc(F)ccc1CO. The van der Waals surface area contributed by atoms with Gasteiger partial charge in [-0.25, -0.2) is 17.5 Å². The average molecular weight is 289 g/mol. The molecule has 0 saturated carbocycles. The highest BCUT2D eigenvalue weighted by atomic mass is 32.2. The first kappa shape index (κ1) is 16.1. The first-order valence-corrected chi connectivity index (χ1v) is 7.81. The van der Waals surface area contributed by atoms with Gasteiger partial charge in [0.2, 0.25) is 10.0 Å². The van der Waals surface area contributed by atoms with Crippen molar-refractivity contribution in [3.05, 3.63) is 29.6 Å². The highest BCUT2D eigenvalue weighted by Gasteiger charge is 2.20. The third-order valence-corrected chi connectivity index (χ3v) is 4.71. The van der Waals surface area contributed by atoms with Gasteiger partial charge in [0.15, 0.2) is 0 Å². The molecule has 0 atom stereocenters. The number of rotatable bonds is 7. The van der Waals surface area contributed by atoms with Crippen LogP contribution in [0.1, 0.15) is 32.3 Å². The number of nitrogens with one attached hydrogen (secondary N) is 1. The molecule has 1 rings (SSSR count). The van der Waals surface area contributed by atoms with Crippen LogP contribution in [0.3, 0.4) is 0 Å². The van der Waals surface area contributed by atoms with Crippen LogP contribution in [0.25, 0.3) is 0 Å². The van der Waals surface area contributed by atoms with Crippen LogP contribution >= 0.6 is 0 Å². The van der Waals surface area contributed by atoms with Crippen molar-refractivity contribution >= 4 is 10.0 Å². The number of benzene rings is 1. The van der Waals surface area contributed by atoms with E-state index in [0.717, 1.165) is 25.0 Å². The van der Waals surface area contributed by atoms with E-state index in [1.54, 1.807) is 0 Å². The van der Waals surface area contributed by atoms with Crippen molar-refractivity contribution < 1.29 is 17.9 Å². The molecule has 0 aromatic heterocycles. The Hall–Kier alpha value is -0.980. The molecule has 108 valence electrons. The summed E-state index contributed by atoms with van der Waals surface area (Å²) in [5.41, 5.74) is 0.193. The van der Waals surface area contributed by atoms with E-state index in [2.05, 4.69) is 4.72 Å². The maximum Gasteiger partial charge on any atom is 0.241 e. The summed E-state index contributed by atoms with van der Waals surface area (Å²) in [4.78, 5) is -0.194. The van der Waals surface area contributed by atoms with Crippen molar-refractivity contribution in [2.75, 3.05) is 6.54 Å². The lowest BCUT2D eigenvalue weighted by atomic mass is 10.0. The Morgan fingerprint density at radius 1 is 1.32 bits per heavy atom. The van der Waals surface area contributed by atoms with Crippen molar-refractivity contribution in [2.45, 2.75) is 38.2 Å². The average Bonchev–Trinajstić information content (AvgIpc) is 2.39. The molecule has 0 aliphatic rings. The summed E-state index contributed by atoms with van der Waals surface area (Å²) in [6, 6.07) is 3.34. The largest absolute Gasteiger partial charge is 0.392 e. The van der Waals surface area contributed by atoms with Gasteiger partial charge in [-0.15, -0.1) is 0 Å². The summed E-state index contributed by atoms with van der Waals surface area (Å²) in [5.74, 6) is -0.388. The molecule has 0 bridgehead atoms. The third kappa shape index (κ3) is 4.26. The highest BCUT2D eigenvalue weighted by Crippen LogP contribution is 2.18. The zero-order valence-electron chi connectivity index (χ0n) is 11.2. The van der Waals surface area contributed by atoms with Gasteiger partial charge in [-0.05, 0) is 23.6 Å². The monoisotopic (exact) mass is 289 g/mol. The van der Waals surface area contributed by atoms with Crippen LogP contribution in [-0.4, -0.2) is 20.1 Å². The normalized spacial score (nSPS) is 12.1. The van der Waals surface area contributed by atoms with E-state index in [-0.39, 0.29) is 16.4 Å². The summed E-state index contributed by atoms with van der Waals surface area (Å²) in [7, 11) is -3.79. The van der Waals surface area contributed by atoms with Gasteiger partial charge in [0.1, 0.15) is 5.82 Å². The molecular weight excluding hydrogens is 269 g/mol. The van der Waals surface area contributed by atoms with Crippen LogP contribution in [0.2, 0.25) is 0 Å². The second-order valence-corrected chi connectivity index (χ2v) is 6.18. The maximum atomic E-state index is 13.2. The van der Waals surface area contributed by atoms with Crippen LogP contribution in [-0.2, 0) is 16.6 Å². The number of aliphatic hydroxyl groups excluding tert-OH is 1. The minimum absolute atomic E-state index is 0.193. The number of hydrogen-bond acceptors (Lipinski definition) is 3. The number of sulfonamides is 1. The molecule has 0 fully saturated rings. The lowest BCUT2D eigenvalue weighted by Crippen LogP contribution is -2.29. The van der Waals surface area contributed by atoms with E-state index in [4.69, 9.17) is 5.11 Å². The molecule has 0 unspecified atom stereocenters. The summed E-state index contributed by atoms with van der Waals surface area (Å²) >= 11 is 0. The van der Waals surface area contributed by atoms with Crippen molar-refractivity contribution in [3.8, 4) is 0 Å². The van der Waals surface area contributed by atoms with E-state index < -0.39 is 22.4 Å². The van der Waals surface area contributed by atoms with Crippen LogP contribution < -0.4 is 4.72 Å². The Morgan fingerprint density at radius 2 is 1.95 bits per heavy atom. The Bertz CT molecular complexity index is 513. The van der Waals surface area contributed by atoms with Gasteiger partial charge in [-0.2, -0.15) is 0 Å². The number of aliphatic hydroxyl groups is 1. The van der Waals surface area contributed by atoms with Gasteiger partial charge in [-0.3, -0.25) is 0 Å². The zero-order valence-corrected chi connectivity index (χ0v) is 12.0. The molecule has 0 aliphatic heterocycles. The Morgan fingerprint density at radius 3 is 2.47 bits per heavy atom. The predicted octanol–water partition coefficient (Wildman–Crippen LogP) is 2.03. The molecule has 2 N–H and O–H groups in total. The van der Waals surface area contributed by atoms with Crippen molar-refractivity contribution in [2.24, 2.45) is 5.92 Å². The van der Waals surface area contributed by atoms with Gasteiger partial charge in [-0.1, -0.05) is 32.8 Å². The molecule has 1 aromatic carbocycles. The fourth-order valence-corrected chi connectivity index (χ4v) is 3.15. The van der Waals surface area contributed by atoms with E-state index in [1.807, 2.05) is 13.8 Å². The van der Waals surface area contributed by atoms with Crippen molar-refractivity contribution in [1.82, 2.24) is 4.72 Å². The predicted molar refractivity (Wildman–Crippen MR) is 71.6 cm³/mol. The Labute approximate surface area is 113 Å². The molecule has 1 aromatic rings. The Balaban J connectivity index is 2.97. The molecule has 0 aliphatic carbocycles. The second-order valence-electron chi connectivity index (χ2n) is 4.44. The van der Waals surface area contributed by atoms with Crippen molar-refractivity contribution in [3.63, 3.8) is 0 Å². The molecule has 4 nitrogen and oxygen atoms in total. The first-order chi connectivity index (χ1) is 8.94. The molecule has 19 heavy (non-hydrogen) atoms. The summed E-state index contributed by atoms with van der Waals surface area (Å²) < 4.78 is 39.9. The van der Waals surface area contributed by atoms with Crippen molar-refractivity contribution in [1.29, 1.82) is 0 Å². The van der Waals surface area contributed by atoms with Gasteiger partial charge in [0.25, 0.3) is 0 Å². The molecule has 0 amide bonds. The summed E-state index contributed by atoms with van der Waals surface area (Å²) in [6.07, 6.45) is 1.74. The number of halogens is 1. The fraction of sp³-hybridized carbons (Fsp3) is 0.538. The van der Waals surface area contributed by atoms with E-state index in [9.17, 15) is 12.8 Å². The lowest BCUT2D eigenvalue weighted by molar-refractivity contribution is 0.278. The van der Waals surface area contributed by atoms with Gasteiger partial charge in [0, 0.05) is 6.54 Å². The summed E-state index contributed by atoms with van der Waals surface area (Å²) in [5, 5.41) is 9.13. The molecular formula is C13H20FNO3S. The van der Waals surface area contributed by atoms with E-state index in [1.165, 1.54) is 6.07 Å². The zero-order chi connectivity index (χ0) is 14.5. The number of hydrogen-bond donors (Lipinski definition) is 2. The van der Waals surface area contributed by atoms with E-state index in [0.29, 0.717) is 6.54 Å². The molecule has 0 heterocycles.